The van der Waals surface area contributed by atoms with E-state index >= 15 is 0 Å². The molecule has 1 atom stereocenters. The minimum atomic E-state index is 0.224. The van der Waals surface area contributed by atoms with Gasteiger partial charge in [-0.25, -0.2) is 0 Å². The van der Waals surface area contributed by atoms with Crippen LogP contribution >= 0.6 is 0 Å². The first kappa shape index (κ1) is 8.05. The fourth-order valence-electron chi connectivity index (χ4n) is 1.80. The predicted octanol–water partition coefficient (Wildman–Crippen LogP) is 0.346. The van der Waals surface area contributed by atoms with Crippen LogP contribution in [-0.2, 0) is 4.79 Å². The summed E-state index contributed by atoms with van der Waals surface area (Å²) in [5, 5.41) is 0. The summed E-state index contributed by atoms with van der Waals surface area (Å²) in [5.74, 6) is 0.709. The monoisotopic (exact) mass is 168 g/mol. The van der Waals surface area contributed by atoms with Crippen LogP contribution in [0, 0.1) is 5.92 Å². The number of hydrogen-bond acceptors (Lipinski definition) is 2. The molecule has 0 spiro atoms. The molecular weight excluding hydrogens is 152 g/mol. The lowest BCUT2D eigenvalue weighted by Gasteiger charge is -2.30. The predicted molar refractivity (Wildman–Crippen MR) is 46.5 cm³/mol. The van der Waals surface area contributed by atoms with Crippen molar-refractivity contribution in [2.24, 2.45) is 11.7 Å². The van der Waals surface area contributed by atoms with Gasteiger partial charge in [-0.05, 0) is 25.7 Å². The summed E-state index contributed by atoms with van der Waals surface area (Å²) in [6.07, 6.45) is 4.36. The number of nitrogens with zero attached hydrogens (tertiary/aromatic N) is 1. The summed E-state index contributed by atoms with van der Waals surface area (Å²) in [4.78, 5) is 13.5. The van der Waals surface area contributed by atoms with E-state index < -0.39 is 0 Å². The van der Waals surface area contributed by atoms with E-state index in [1.54, 1.807) is 0 Å². The lowest BCUT2D eigenvalue weighted by Crippen LogP contribution is -2.46. The van der Waals surface area contributed by atoms with Gasteiger partial charge in [0.2, 0.25) is 5.91 Å². The second-order valence-electron chi connectivity index (χ2n) is 3.96. The van der Waals surface area contributed by atoms with Crippen LogP contribution in [0.1, 0.15) is 25.7 Å². The maximum atomic E-state index is 11.6. The number of likely N-dealkylation sites (tertiary alicyclic amines) is 1. The molecule has 1 amide bonds. The van der Waals surface area contributed by atoms with Gasteiger partial charge in [0.25, 0.3) is 0 Å². The van der Waals surface area contributed by atoms with Gasteiger partial charge in [-0.3, -0.25) is 4.79 Å². The van der Waals surface area contributed by atoms with Gasteiger partial charge in [0.05, 0.1) is 0 Å². The summed E-state index contributed by atoms with van der Waals surface area (Å²) in [6.45, 7) is 1.72. The molecule has 0 aromatic heterocycles. The van der Waals surface area contributed by atoms with Crippen LogP contribution in [0.2, 0.25) is 0 Å². The van der Waals surface area contributed by atoms with E-state index in [0.29, 0.717) is 11.8 Å². The molecule has 2 fully saturated rings. The Kier molecular flexibility index (Phi) is 2.05. The quantitative estimate of drug-likeness (QED) is 0.614. The van der Waals surface area contributed by atoms with E-state index in [4.69, 9.17) is 5.73 Å². The maximum Gasteiger partial charge on any atom is 0.225 e. The number of carbonyl (C=O) groups is 1. The molecule has 1 heterocycles. The zero-order chi connectivity index (χ0) is 8.55. The highest BCUT2D eigenvalue weighted by molar-refractivity contribution is 5.81. The molecule has 1 unspecified atom stereocenters. The smallest absolute Gasteiger partial charge is 0.225 e. The zero-order valence-corrected chi connectivity index (χ0v) is 7.33. The average Bonchev–Trinajstić information content (AvgIpc) is 2.85. The Morgan fingerprint density at radius 1 is 1.33 bits per heavy atom. The van der Waals surface area contributed by atoms with Crippen molar-refractivity contribution >= 4 is 5.91 Å². The second-order valence-corrected chi connectivity index (χ2v) is 3.96. The third-order valence-electron chi connectivity index (χ3n) is 2.70. The minimum absolute atomic E-state index is 0.224. The Labute approximate surface area is 72.9 Å². The Bertz CT molecular complexity index is 189. The number of nitrogens with two attached hydrogens (primary N) is 1. The van der Waals surface area contributed by atoms with Gasteiger partial charge >= 0.3 is 0 Å². The van der Waals surface area contributed by atoms with Gasteiger partial charge in [0, 0.05) is 25.0 Å². The normalized spacial score (nSPS) is 30.4. The number of amides is 1. The second kappa shape index (κ2) is 3.05. The van der Waals surface area contributed by atoms with E-state index in [2.05, 4.69) is 0 Å². The number of rotatable bonds is 1. The number of hydrogen-bond donors (Lipinski definition) is 1. The van der Waals surface area contributed by atoms with Gasteiger partial charge in [-0.2, -0.15) is 0 Å². The molecule has 3 heteroatoms. The van der Waals surface area contributed by atoms with E-state index in [-0.39, 0.29) is 6.04 Å². The van der Waals surface area contributed by atoms with Crippen molar-refractivity contribution in [3.8, 4) is 0 Å². The molecule has 0 bridgehead atoms. The SMILES string of the molecule is NC1CCCN(C(=O)C2CC2)C1. The van der Waals surface area contributed by atoms with E-state index in [1.165, 1.54) is 0 Å². The molecule has 2 aliphatic rings. The van der Waals surface area contributed by atoms with Gasteiger partial charge in [0.1, 0.15) is 0 Å². The summed E-state index contributed by atoms with van der Waals surface area (Å²) in [5.41, 5.74) is 5.79. The number of piperidine rings is 1. The Morgan fingerprint density at radius 2 is 2.08 bits per heavy atom. The molecule has 1 aliphatic heterocycles. The molecule has 1 aliphatic carbocycles. The zero-order valence-electron chi connectivity index (χ0n) is 7.33. The van der Waals surface area contributed by atoms with E-state index in [1.807, 2.05) is 4.90 Å². The summed E-state index contributed by atoms with van der Waals surface area (Å²) < 4.78 is 0. The Morgan fingerprint density at radius 3 is 2.67 bits per heavy atom. The summed E-state index contributed by atoms with van der Waals surface area (Å²) in [6, 6.07) is 0.224. The van der Waals surface area contributed by atoms with E-state index in [0.717, 1.165) is 38.8 Å². The van der Waals surface area contributed by atoms with Crippen molar-refractivity contribution in [1.29, 1.82) is 0 Å². The van der Waals surface area contributed by atoms with Crippen molar-refractivity contribution in [2.75, 3.05) is 13.1 Å². The van der Waals surface area contributed by atoms with Crippen LogP contribution in [0.15, 0.2) is 0 Å². The first-order valence-corrected chi connectivity index (χ1v) is 4.82. The highest BCUT2D eigenvalue weighted by atomic mass is 16.2. The van der Waals surface area contributed by atoms with Crippen LogP contribution in [0.5, 0.6) is 0 Å². The van der Waals surface area contributed by atoms with Crippen LogP contribution in [0.4, 0.5) is 0 Å². The molecule has 12 heavy (non-hydrogen) atoms. The first-order valence-electron chi connectivity index (χ1n) is 4.82. The molecule has 2 rings (SSSR count). The van der Waals surface area contributed by atoms with Crippen LogP contribution in [-0.4, -0.2) is 29.9 Å². The molecule has 1 saturated carbocycles. The molecule has 3 nitrogen and oxygen atoms in total. The third kappa shape index (κ3) is 1.61. The Balaban J connectivity index is 1.89. The third-order valence-corrected chi connectivity index (χ3v) is 2.70. The highest BCUT2D eigenvalue weighted by Crippen LogP contribution is 2.31. The van der Waals surface area contributed by atoms with Crippen LogP contribution < -0.4 is 5.73 Å². The lowest BCUT2D eigenvalue weighted by molar-refractivity contribution is -0.133. The van der Waals surface area contributed by atoms with Crippen LogP contribution in [0.25, 0.3) is 0 Å². The topological polar surface area (TPSA) is 46.3 Å². The molecular formula is C9H16N2O. The minimum Gasteiger partial charge on any atom is -0.341 e. The molecule has 0 aromatic carbocycles. The maximum absolute atomic E-state index is 11.6. The van der Waals surface area contributed by atoms with Gasteiger partial charge in [-0.1, -0.05) is 0 Å². The largest absolute Gasteiger partial charge is 0.341 e. The van der Waals surface area contributed by atoms with Crippen molar-refractivity contribution in [3.05, 3.63) is 0 Å². The van der Waals surface area contributed by atoms with Crippen molar-refractivity contribution in [1.82, 2.24) is 4.90 Å². The molecule has 1 saturated heterocycles. The fourth-order valence-corrected chi connectivity index (χ4v) is 1.80. The standard InChI is InChI=1S/C9H16N2O/c10-8-2-1-5-11(6-8)9(12)7-3-4-7/h7-8H,1-6,10H2. The van der Waals surface area contributed by atoms with Gasteiger partial charge in [0.15, 0.2) is 0 Å². The molecule has 0 aromatic rings. The Hall–Kier alpha value is -0.570. The van der Waals surface area contributed by atoms with Crippen molar-refractivity contribution in [3.63, 3.8) is 0 Å². The van der Waals surface area contributed by atoms with Crippen molar-refractivity contribution in [2.45, 2.75) is 31.7 Å². The van der Waals surface area contributed by atoms with Crippen LogP contribution in [0.3, 0.4) is 0 Å². The molecule has 2 N–H and O–H groups in total. The van der Waals surface area contributed by atoms with Gasteiger partial charge in [-0.15, -0.1) is 0 Å². The lowest BCUT2D eigenvalue weighted by atomic mass is 10.1. The average molecular weight is 168 g/mol. The van der Waals surface area contributed by atoms with Crippen molar-refractivity contribution < 1.29 is 4.79 Å². The number of carbonyl (C=O) groups excluding carboxylic acids is 1. The van der Waals surface area contributed by atoms with E-state index in [9.17, 15) is 4.79 Å². The fraction of sp³-hybridized carbons (Fsp3) is 0.889. The molecule has 0 radical (unpaired) electrons. The van der Waals surface area contributed by atoms with Gasteiger partial charge < -0.3 is 10.6 Å². The molecule has 68 valence electrons. The summed E-state index contributed by atoms with van der Waals surface area (Å²) in [7, 11) is 0. The summed E-state index contributed by atoms with van der Waals surface area (Å²) >= 11 is 0. The first-order chi connectivity index (χ1) is 5.77. The highest BCUT2D eigenvalue weighted by Gasteiger charge is 2.34.